The van der Waals surface area contributed by atoms with Crippen LogP contribution in [0.15, 0.2) is 24.4 Å². The van der Waals surface area contributed by atoms with E-state index in [2.05, 4.69) is 61.6 Å². The molecular formula is C21H28N6O2. The molecule has 0 amide bonds. The van der Waals surface area contributed by atoms with Crippen molar-refractivity contribution < 1.29 is 9.84 Å². The summed E-state index contributed by atoms with van der Waals surface area (Å²) < 4.78 is 9.84. The van der Waals surface area contributed by atoms with Crippen LogP contribution in [0.2, 0.25) is 0 Å². The lowest BCUT2D eigenvalue weighted by atomic mass is 10.1. The maximum atomic E-state index is 10.5. The number of fused-ring (bicyclic) bond motifs is 2. The molecule has 8 nitrogen and oxygen atoms in total. The van der Waals surface area contributed by atoms with Crippen molar-refractivity contribution in [1.29, 1.82) is 0 Å². The zero-order valence-electron chi connectivity index (χ0n) is 17.2. The molecule has 8 heteroatoms. The van der Waals surface area contributed by atoms with E-state index in [0.29, 0.717) is 13.0 Å². The number of aliphatic hydroxyl groups excluding tert-OH is 1. The van der Waals surface area contributed by atoms with E-state index in [1.54, 1.807) is 7.11 Å². The molecular weight excluding hydrogens is 368 g/mol. The van der Waals surface area contributed by atoms with E-state index >= 15 is 0 Å². The summed E-state index contributed by atoms with van der Waals surface area (Å²) in [5.41, 5.74) is 2.42. The van der Waals surface area contributed by atoms with Gasteiger partial charge in [0.25, 0.3) is 0 Å². The van der Waals surface area contributed by atoms with Gasteiger partial charge in [0.1, 0.15) is 11.6 Å². The molecule has 154 valence electrons. The average molecular weight is 396 g/mol. The molecule has 2 aliphatic rings. The predicted octanol–water partition coefficient (Wildman–Crippen LogP) is 1.53. The number of hydrogen-bond donors (Lipinski definition) is 1. The molecule has 2 aliphatic heterocycles. The highest BCUT2D eigenvalue weighted by Gasteiger charge is 2.37. The van der Waals surface area contributed by atoms with Gasteiger partial charge in [-0.05, 0) is 37.2 Å². The van der Waals surface area contributed by atoms with E-state index in [4.69, 9.17) is 4.74 Å². The number of aliphatic hydroxyl groups is 1. The number of aromatic nitrogens is 4. The smallest absolute Gasteiger partial charge is 0.150 e. The van der Waals surface area contributed by atoms with Crippen LogP contribution in [-0.2, 0) is 26.7 Å². The fourth-order valence-corrected chi connectivity index (χ4v) is 4.79. The molecule has 2 aromatic heterocycles. The Bertz CT molecular complexity index is 1040. The lowest BCUT2D eigenvalue weighted by Crippen LogP contribution is -2.33. The molecule has 1 N–H and O–H groups in total. The molecule has 1 saturated heterocycles. The second kappa shape index (κ2) is 7.12. The van der Waals surface area contributed by atoms with E-state index in [-0.39, 0.29) is 12.1 Å². The highest BCUT2D eigenvalue weighted by Crippen LogP contribution is 2.35. The molecule has 1 fully saturated rings. The quantitative estimate of drug-likeness (QED) is 0.721. The Hall–Kier alpha value is -2.42. The van der Waals surface area contributed by atoms with Gasteiger partial charge in [-0.1, -0.05) is 0 Å². The Morgan fingerprint density at radius 3 is 2.90 bits per heavy atom. The Morgan fingerprint density at radius 2 is 2.07 bits per heavy atom. The van der Waals surface area contributed by atoms with Gasteiger partial charge in [-0.25, -0.2) is 0 Å². The lowest BCUT2D eigenvalue weighted by molar-refractivity contribution is 0.172. The van der Waals surface area contributed by atoms with E-state index < -0.39 is 0 Å². The van der Waals surface area contributed by atoms with Gasteiger partial charge in [0, 0.05) is 50.3 Å². The van der Waals surface area contributed by atoms with E-state index in [1.807, 2.05) is 6.07 Å². The van der Waals surface area contributed by atoms with Crippen LogP contribution in [0.3, 0.4) is 0 Å². The fraction of sp³-hybridized carbons (Fsp3) is 0.524. The van der Waals surface area contributed by atoms with Crippen LogP contribution in [0.1, 0.15) is 29.7 Å². The van der Waals surface area contributed by atoms with Gasteiger partial charge >= 0.3 is 0 Å². The highest BCUT2D eigenvalue weighted by atomic mass is 16.5. The van der Waals surface area contributed by atoms with Crippen molar-refractivity contribution in [3.63, 3.8) is 0 Å². The summed E-state index contributed by atoms with van der Waals surface area (Å²) in [5, 5.41) is 20.6. The van der Waals surface area contributed by atoms with Gasteiger partial charge in [-0.2, -0.15) is 0 Å². The second-order valence-corrected chi connectivity index (χ2v) is 8.35. The van der Waals surface area contributed by atoms with Crippen LogP contribution in [0.4, 0.5) is 0 Å². The van der Waals surface area contributed by atoms with Crippen molar-refractivity contribution in [2.24, 2.45) is 7.05 Å². The number of nitrogens with zero attached hydrogens (tertiary/aromatic N) is 6. The number of rotatable bonds is 4. The van der Waals surface area contributed by atoms with Crippen molar-refractivity contribution in [2.45, 2.75) is 38.2 Å². The van der Waals surface area contributed by atoms with Crippen molar-refractivity contribution >= 4 is 10.9 Å². The first-order chi connectivity index (χ1) is 14.0. The molecule has 0 bridgehead atoms. The summed E-state index contributed by atoms with van der Waals surface area (Å²) >= 11 is 0. The van der Waals surface area contributed by atoms with Crippen LogP contribution in [-0.4, -0.2) is 67.6 Å². The minimum Gasteiger partial charge on any atom is -0.497 e. The minimum atomic E-state index is -0.344. The van der Waals surface area contributed by atoms with Crippen LogP contribution in [0.5, 0.6) is 5.75 Å². The maximum Gasteiger partial charge on any atom is 0.150 e. The Balaban J connectivity index is 1.47. The zero-order chi connectivity index (χ0) is 20.1. The number of aryl methyl sites for hydroxylation is 1. The van der Waals surface area contributed by atoms with Crippen LogP contribution >= 0.6 is 0 Å². The summed E-state index contributed by atoms with van der Waals surface area (Å²) in [5.74, 6) is 2.87. The molecule has 3 aromatic rings. The van der Waals surface area contributed by atoms with Gasteiger partial charge in [-0.3, -0.25) is 9.80 Å². The van der Waals surface area contributed by atoms with Crippen molar-refractivity contribution in [3.05, 3.63) is 41.6 Å². The lowest BCUT2D eigenvalue weighted by Gasteiger charge is -2.27. The molecule has 1 aromatic carbocycles. The van der Waals surface area contributed by atoms with Crippen molar-refractivity contribution in [1.82, 2.24) is 29.1 Å². The number of β-amino-alcohol motifs (C(OH)–C–C–N with tert-alkyl or cyclic N) is 1. The van der Waals surface area contributed by atoms with Crippen LogP contribution in [0, 0.1) is 0 Å². The highest BCUT2D eigenvalue weighted by molar-refractivity contribution is 5.85. The van der Waals surface area contributed by atoms with Crippen LogP contribution < -0.4 is 4.74 Å². The number of benzene rings is 1. The molecule has 2 atom stereocenters. The van der Waals surface area contributed by atoms with E-state index in [0.717, 1.165) is 43.6 Å². The van der Waals surface area contributed by atoms with Gasteiger partial charge in [0.15, 0.2) is 5.82 Å². The number of ether oxygens (including phenoxy) is 1. The van der Waals surface area contributed by atoms with Crippen molar-refractivity contribution in [2.75, 3.05) is 27.2 Å². The summed E-state index contributed by atoms with van der Waals surface area (Å²) in [6.07, 6.45) is 2.53. The van der Waals surface area contributed by atoms with Gasteiger partial charge < -0.3 is 19.0 Å². The zero-order valence-corrected chi connectivity index (χ0v) is 17.2. The third-order valence-electron chi connectivity index (χ3n) is 6.30. The summed E-state index contributed by atoms with van der Waals surface area (Å²) in [4.78, 5) is 4.60. The standard InChI is InChI=1S/C21H28N6O2/c1-24-6-7-27-20(13-24)22-23-21(27)19-8-15(28)12-26(19)11-14-10-25(2)18-5-4-16(29-3)9-17(14)18/h4-5,9-10,15,19,28H,6-8,11-13H2,1-3H3/t15-,19-/m0/s1. The Morgan fingerprint density at radius 1 is 1.21 bits per heavy atom. The van der Waals surface area contributed by atoms with Gasteiger partial charge in [0.05, 0.1) is 25.8 Å². The predicted molar refractivity (Wildman–Crippen MR) is 110 cm³/mol. The van der Waals surface area contributed by atoms with Gasteiger partial charge in [-0.15, -0.1) is 10.2 Å². The first-order valence-corrected chi connectivity index (χ1v) is 10.2. The Kier molecular flexibility index (Phi) is 4.57. The average Bonchev–Trinajstić information content (AvgIpc) is 3.37. The summed E-state index contributed by atoms with van der Waals surface area (Å²) in [6.45, 7) is 4.13. The van der Waals surface area contributed by atoms with Crippen molar-refractivity contribution in [3.8, 4) is 5.75 Å². The van der Waals surface area contributed by atoms with E-state index in [9.17, 15) is 5.11 Å². The number of likely N-dealkylation sites (tertiary alicyclic amines) is 1. The van der Waals surface area contributed by atoms with E-state index in [1.165, 1.54) is 16.5 Å². The monoisotopic (exact) mass is 396 g/mol. The molecule has 4 heterocycles. The number of methoxy groups -OCH3 is 1. The third-order valence-corrected chi connectivity index (χ3v) is 6.30. The summed E-state index contributed by atoms with van der Waals surface area (Å²) in [6, 6.07) is 6.27. The minimum absolute atomic E-state index is 0.0792. The maximum absolute atomic E-state index is 10.5. The normalized spacial score (nSPS) is 23.0. The number of hydrogen-bond acceptors (Lipinski definition) is 6. The molecule has 0 unspecified atom stereocenters. The molecule has 0 aliphatic carbocycles. The topological polar surface area (TPSA) is 71.6 Å². The van der Waals surface area contributed by atoms with Crippen LogP contribution in [0.25, 0.3) is 10.9 Å². The Labute approximate surface area is 170 Å². The fourth-order valence-electron chi connectivity index (χ4n) is 4.79. The largest absolute Gasteiger partial charge is 0.497 e. The first kappa shape index (κ1) is 18.6. The SMILES string of the molecule is COc1ccc2c(c1)c(CN1C[C@@H](O)C[C@H]1c1nnc3n1CCN(C)C3)cn2C. The molecule has 0 spiro atoms. The van der Waals surface area contributed by atoms with Gasteiger partial charge in [0.2, 0.25) is 0 Å². The second-order valence-electron chi connectivity index (χ2n) is 8.35. The molecule has 0 saturated carbocycles. The third kappa shape index (κ3) is 3.21. The first-order valence-electron chi connectivity index (χ1n) is 10.2. The molecule has 0 radical (unpaired) electrons. The molecule has 29 heavy (non-hydrogen) atoms. The number of likely N-dealkylation sites (N-methyl/N-ethyl adjacent to an activating group) is 1. The molecule has 5 rings (SSSR count). The summed E-state index contributed by atoms with van der Waals surface area (Å²) in [7, 11) is 5.88.